The monoisotopic (exact) mass is 221 g/mol. The Kier molecular flexibility index (Phi) is 3.06. The fourth-order valence-electron chi connectivity index (χ4n) is 2.50. The van der Waals surface area contributed by atoms with Gasteiger partial charge in [0.05, 0.1) is 6.20 Å². The van der Waals surface area contributed by atoms with Gasteiger partial charge in [0.25, 0.3) is 0 Å². The molecule has 1 N–H and O–H groups in total. The normalized spacial score (nSPS) is 21.6. The molecule has 1 aliphatic heterocycles. The minimum atomic E-state index is 0.197. The molecule has 2 heterocycles. The van der Waals surface area contributed by atoms with Crippen LogP contribution in [0.15, 0.2) is 6.20 Å². The first-order chi connectivity index (χ1) is 7.48. The molecule has 16 heavy (non-hydrogen) atoms. The molecule has 1 saturated heterocycles. The van der Waals surface area contributed by atoms with E-state index in [1.54, 1.807) is 0 Å². The van der Waals surface area contributed by atoms with Gasteiger partial charge in [-0.1, -0.05) is 20.8 Å². The maximum Gasteiger partial charge on any atom is 0.0529 e. The molecule has 0 aliphatic carbocycles. The molecule has 0 radical (unpaired) electrons. The van der Waals surface area contributed by atoms with Crippen molar-refractivity contribution >= 4 is 0 Å². The Balaban J connectivity index is 2.21. The smallest absolute Gasteiger partial charge is 0.0529 e. The van der Waals surface area contributed by atoms with Crippen molar-refractivity contribution in [3.63, 3.8) is 0 Å². The van der Waals surface area contributed by atoms with Crippen LogP contribution in [-0.2, 0) is 18.9 Å². The SMILES string of the molecule is Cn1ncc(C(C)(C)C)c1CC1CCCN1. The van der Waals surface area contributed by atoms with Crippen molar-refractivity contribution in [2.75, 3.05) is 6.54 Å². The van der Waals surface area contributed by atoms with Crippen molar-refractivity contribution in [3.05, 3.63) is 17.5 Å². The fraction of sp³-hybridized carbons (Fsp3) is 0.769. The van der Waals surface area contributed by atoms with Crippen molar-refractivity contribution in [3.8, 4) is 0 Å². The van der Waals surface area contributed by atoms with Crippen molar-refractivity contribution in [1.82, 2.24) is 15.1 Å². The maximum atomic E-state index is 4.41. The summed E-state index contributed by atoms with van der Waals surface area (Å²) in [6, 6.07) is 0.650. The number of nitrogens with zero attached hydrogens (tertiary/aromatic N) is 2. The number of nitrogens with one attached hydrogen (secondary N) is 1. The lowest BCUT2D eigenvalue weighted by Crippen LogP contribution is -2.26. The number of hydrogen-bond acceptors (Lipinski definition) is 2. The van der Waals surface area contributed by atoms with Gasteiger partial charge in [-0.2, -0.15) is 5.10 Å². The van der Waals surface area contributed by atoms with E-state index in [0.717, 1.165) is 6.42 Å². The lowest BCUT2D eigenvalue weighted by atomic mass is 9.86. The molecule has 0 spiro atoms. The van der Waals surface area contributed by atoms with Gasteiger partial charge in [0.2, 0.25) is 0 Å². The summed E-state index contributed by atoms with van der Waals surface area (Å²) in [5, 5.41) is 7.97. The lowest BCUT2D eigenvalue weighted by molar-refractivity contribution is 0.540. The second-order valence-corrected chi connectivity index (χ2v) is 5.88. The molecular weight excluding hydrogens is 198 g/mol. The highest BCUT2D eigenvalue weighted by molar-refractivity contribution is 5.26. The van der Waals surface area contributed by atoms with Gasteiger partial charge in [0.15, 0.2) is 0 Å². The molecule has 0 aromatic carbocycles. The summed E-state index contributed by atoms with van der Waals surface area (Å²) in [6.07, 6.45) is 5.76. The van der Waals surface area contributed by atoms with E-state index in [1.807, 2.05) is 10.9 Å². The summed E-state index contributed by atoms with van der Waals surface area (Å²) in [5.74, 6) is 0. The Hall–Kier alpha value is -0.830. The van der Waals surface area contributed by atoms with E-state index in [4.69, 9.17) is 0 Å². The molecule has 3 heteroatoms. The molecule has 1 aromatic rings. The molecule has 90 valence electrons. The Morgan fingerprint density at radius 1 is 1.50 bits per heavy atom. The van der Waals surface area contributed by atoms with Gasteiger partial charge in [-0.15, -0.1) is 0 Å². The van der Waals surface area contributed by atoms with Crippen LogP contribution in [-0.4, -0.2) is 22.4 Å². The van der Waals surface area contributed by atoms with Gasteiger partial charge < -0.3 is 5.32 Å². The van der Waals surface area contributed by atoms with E-state index < -0.39 is 0 Å². The largest absolute Gasteiger partial charge is 0.314 e. The average Bonchev–Trinajstić information content (AvgIpc) is 2.76. The summed E-state index contributed by atoms with van der Waals surface area (Å²) >= 11 is 0. The molecule has 1 fully saturated rings. The number of hydrogen-bond donors (Lipinski definition) is 1. The highest BCUT2D eigenvalue weighted by Crippen LogP contribution is 2.27. The van der Waals surface area contributed by atoms with Crippen molar-refractivity contribution in [1.29, 1.82) is 0 Å². The Bertz CT molecular complexity index is 354. The number of rotatable bonds is 2. The predicted octanol–water partition coefficient (Wildman–Crippen LogP) is 2.01. The molecule has 0 amide bonds. The highest BCUT2D eigenvalue weighted by atomic mass is 15.3. The van der Waals surface area contributed by atoms with E-state index in [1.165, 1.54) is 30.6 Å². The molecule has 1 atom stereocenters. The van der Waals surface area contributed by atoms with Crippen LogP contribution < -0.4 is 5.32 Å². The van der Waals surface area contributed by atoms with Gasteiger partial charge in [-0.3, -0.25) is 4.68 Å². The third-order valence-corrected chi connectivity index (χ3v) is 3.47. The summed E-state index contributed by atoms with van der Waals surface area (Å²) in [4.78, 5) is 0. The standard InChI is InChI=1S/C13H23N3/c1-13(2,3)11-9-15-16(4)12(11)8-10-6-5-7-14-10/h9-10,14H,5-8H2,1-4H3. The topological polar surface area (TPSA) is 29.9 Å². The first-order valence-corrected chi connectivity index (χ1v) is 6.23. The quantitative estimate of drug-likeness (QED) is 0.828. The van der Waals surface area contributed by atoms with E-state index in [0.29, 0.717) is 6.04 Å². The van der Waals surface area contributed by atoms with Crippen LogP contribution in [0.3, 0.4) is 0 Å². The molecule has 1 aliphatic rings. The van der Waals surface area contributed by atoms with Crippen molar-refractivity contribution in [2.24, 2.45) is 7.05 Å². The minimum Gasteiger partial charge on any atom is -0.314 e. The van der Waals surface area contributed by atoms with Crippen molar-refractivity contribution < 1.29 is 0 Å². The van der Waals surface area contributed by atoms with E-state index in [2.05, 4.69) is 38.2 Å². The fourth-order valence-corrected chi connectivity index (χ4v) is 2.50. The van der Waals surface area contributed by atoms with Crippen LogP contribution in [0.4, 0.5) is 0 Å². The van der Waals surface area contributed by atoms with Crippen LogP contribution in [0.2, 0.25) is 0 Å². The van der Waals surface area contributed by atoms with Crippen LogP contribution in [0.5, 0.6) is 0 Å². The first kappa shape index (κ1) is 11.6. The van der Waals surface area contributed by atoms with Gasteiger partial charge in [0.1, 0.15) is 0 Å². The Labute approximate surface area is 98.2 Å². The number of aryl methyl sites for hydroxylation is 1. The van der Waals surface area contributed by atoms with Gasteiger partial charge in [-0.25, -0.2) is 0 Å². The summed E-state index contributed by atoms with van der Waals surface area (Å²) in [7, 11) is 2.06. The Morgan fingerprint density at radius 3 is 2.81 bits per heavy atom. The second-order valence-electron chi connectivity index (χ2n) is 5.88. The third kappa shape index (κ3) is 2.29. The Morgan fingerprint density at radius 2 is 2.25 bits per heavy atom. The van der Waals surface area contributed by atoms with E-state index in [9.17, 15) is 0 Å². The van der Waals surface area contributed by atoms with Crippen LogP contribution in [0.25, 0.3) is 0 Å². The van der Waals surface area contributed by atoms with Crippen LogP contribution >= 0.6 is 0 Å². The molecule has 0 saturated carbocycles. The molecule has 0 bridgehead atoms. The summed E-state index contributed by atoms with van der Waals surface area (Å²) < 4.78 is 2.04. The van der Waals surface area contributed by atoms with E-state index in [-0.39, 0.29) is 5.41 Å². The summed E-state index contributed by atoms with van der Waals surface area (Å²) in [5.41, 5.74) is 2.98. The predicted molar refractivity (Wildman–Crippen MR) is 66.6 cm³/mol. The maximum absolute atomic E-state index is 4.41. The van der Waals surface area contributed by atoms with Gasteiger partial charge >= 0.3 is 0 Å². The van der Waals surface area contributed by atoms with Crippen LogP contribution in [0.1, 0.15) is 44.9 Å². The summed E-state index contributed by atoms with van der Waals surface area (Å²) in [6.45, 7) is 7.95. The molecule has 1 aromatic heterocycles. The number of aromatic nitrogens is 2. The molecule has 2 rings (SSSR count). The van der Waals surface area contributed by atoms with E-state index >= 15 is 0 Å². The highest BCUT2D eigenvalue weighted by Gasteiger charge is 2.24. The van der Waals surface area contributed by atoms with Crippen LogP contribution in [0, 0.1) is 0 Å². The first-order valence-electron chi connectivity index (χ1n) is 6.23. The molecule has 3 nitrogen and oxygen atoms in total. The minimum absolute atomic E-state index is 0.197. The zero-order chi connectivity index (χ0) is 11.8. The van der Waals surface area contributed by atoms with Gasteiger partial charge in [-0.05, 0) is 30.4 Å². The lowest BCUT2D eigenvalue weighted by Gasteiger charge is -2.21. The van der Waals surface area contributed by atoms with Crippen molar-refractivity contribution in [2.45, 2.75) is 51.5 Å². The van der Waals surface area contributed by atoms with Gasteiger partial charge in [0, 0.05) is 25.2 Å². The average molecular weight is 221 g/mol. The molecular formula is C13H23N3. The zero-order valence-corrected chi connectivity index (χ0v) is 10.9. The zero-order valence-electron chi connectivity index (χ0n) is 10.9. The second kappa shape index (κ2) is 4.21. The third-order valence-electron chi connectivity index (χ3n) is 3.47. The molecule has 1 unspecified atom stereocenters.